The highest BCUT2D eigenvalue weighted by atomic mass is 16.5. The van der Waals surface area contributed by atoms with Gasteiger partial charge in [0.2, 0.25) is 0 Å². The molecule has 2 aromatic carbocycles. The molecule has 154 valence electrons. The molecule has 1 saturated heterocycles. The minimum absolute atomic E-state index is 0.117. The molecule has 0 unspecified atom stereocenters. The first-order valence-electron chi connectivity index (χ1n) is 10.2. The second-order valence-electron chi connectivity index (χ2n) is 8.55. The fourth-order valence-corrected chi connectivity index (χ4v) is 3.25. The van der Waals surface area contributed by atoms with Crippen LogP contribution >= 0.6 is 0 Å². The summed E-state index contributed by atoms with van der Waals surface area (Å²) >= 11 is 0. The molecule has 1 heterocycles. The van der Waals surface area contributed by atoms with Gasteiger partial charge in [-0.25, -0.2) is 5.43 Å². The number of benzene rings is 2. The van der Waals surface area contributed by atoms with E-state index in [1.54, 1.807) is 0 Å². The van der Waals surface area contributed by atoms with Crippen LogP contribution in [0.25, 0.3) is 0 Å². The third kappa shape index (κ3) is 5.99. The first kappa shape index (κ1) is 21.2. The van der Waals surface area contributed by atoms with Crippen LogP contribution in [0.4, 0.5) is 0 Å². The number of ether oxygens (including phenoxy) is 1. The van der Waals surface area contributed by atoms with E-state index in [0.29, 0.717) is 5.56 Å². The molecule has 3 rings (SSSR count). The van der Waals surface area contributed by atoms with E-state index in [0.717, 1.165) is 44.1 Å². The molecule has 2 aromatic rings. The maximum absolute atomic E-state index is 12.4. The number of hydrogen-bond donors (Lipinski definition) is 1. The Kier molecular flexibility index (Phi) is 6.83. The first-order valence-corrected chi connectivity index (χ1v) is 10.2. The van der Waals surface area contributed by atoms with Crippen molar-refractivity contribution in [2.75, 3.05) is 26.3 Å². The average molecular weight is 394 g/mol. The van der Waals surface area contributed by atoms with Crippen molar-refractivity contribution in [1.29, 1.82) is 0 Å². The summed E-state index contributed by atoms with van der Waals surface area (Å²) in [5.41, 5.74) is 7.64. The molecule has 0 aliphatic carbocycles. The standard InChI is InChI=1S/C24H31N3O2/c1-18(20-9-11-22(12-10-20)24(2,3)4)25-26-23(28)21-7-5-19(6-8-21)17-27-13-15-29-16-14-27/h5-12H,13-17H2,1-4H3,(H,26,28)/b25-18-. The molecule has 1 fully saturated rings. The maximum atomic E-state index is 12.4. The largest absolute Gasteiger partial charge is 0.379 e. The first-order chi connectivity index (χ1) is 13.8. The van der Waals surface area contributed by atoms with Gasteiger partial charge in [0.1, 0.15) is 0 Å². The van der Waals surface area contributed by atoms with E-state index in [1.165, 1.54) is 11.1 Å². The summed E-state index contributed by atoms with van der Waals surface area (Å²) in [6.45, 7) is 12.8. The zero-order valence-electron chi connectivity index (χ0n) is 17.9. The highest BCUT2D eigenvalue weighted by molar-refractivity contribution is 6.00. The molecular weight excluding hydrogens is 362 g/mol. The molecule has 1 amide bonds. The molecule has 0 spiro atoms. The minimum Gasteiger partial charge on any atom is -0.379 e. The van der Waals surface area contributed by atoms with E-state index < -0.39 is 0 Å². The van der Waals surface area contributed by atoms with E-state index in [4.69, 9.17) is 4.74 Å². The van der Waals surface area contributed by atoms with Crippen molar-refractivity contribution < 1.29 is 9.53 Å². The predicted molar refractivity (Wildman–Crippen MR) is 117 cm³/mol. The van der Waals surface area contributed by atoms with E-state index >= 15 is 0 Å². The molecular formula is C24H31N3O2. The molecule has 1 aliphatic heterocycles. The highest BCUT2D eigenvalue weighted by Crippen LogP contribution is 2.22. The Morgan fingerprint density at radius 1 is 1.00 bits per heavy atom. The van der Waals surface area contributed by atoms with Crippen LogP contribution in [0.5, 0.6) is 0 Å². The van der Waals surface area contributed by atoms with Gasteiger partial charge in [0, 0.05) is 25.2 Å². The number of nitrogens with zero attached hydrogens (tertiary/aromatic N) is 2. The van der Waals surface area contributed by atoms with Crippen molar-refractivity contribution in [3.63, 3.8) is 0 Å². The molecule has 0 aromatic heterocycles. The van der Waals surface area contributed by atoms with Gasteiger partial charge in [-0.1, -0.05) is 57.2 Å². The van der Waals surface area contributed by atoms with Crippen LogP contribution in [0.2, 0.25) is 0 Å². The van der Waals surface area contributed by atoms with Gasteiger partial charge in [0.15, 0.2) is 0 Å². The average Bonchev–Trinajstić information content (AvgIpc) is 2.72. The van der Waals surface area contributed by atoms with Gasteiger partial charge in [-0.05, 0) is 41.2 Å². The number of amides is 1. The van der Waals surface area contributed by atoms with Crippen molar-refractivity contribution in [1.82, 2.24) is 10.3 Å². The molecule has 1 N–H and O–H groups in total. The zero-order chi connectivity index (χ0) is 20.9. The maximum Gasteiger partial charge on any atom is 0.271 e. The van der Waals surface area contributed by atoms with E-state index in [2.05, 4.69) is 48.3 Å². The summed E-state index contributed by atoms with van der Waals surface area (Å²) in [6, 6.07) is 16.0. The summed E-state index contributed by atoms with van der Waals surface area (Å²) < 4.78 is 5.38. The predicted octanol–water partition coefficient (Wildman–Crippen LogP) is 3.97. The minimum atomic E-state index is -0.200. The van der Waals surface area contributed by atoms with Gasteiger partial charge in [-0.2, -0.15) is 5.10 Å². The van der Waals surface area contributed by atoms with Gasteiger partial charge >= 0.3 is 0 Å². The Morgan fingerprint density at radius 3 is 2.17 bits per heavy atom. The summed E-state index contributed by atoms with van der Waals surface area (Å²) in [6.07, 6.45) is 0. The number of morpholine rings is 1. The van der Waals surface area contributed by atoms with Crippen LogP contribution in [-0.2, 0) is 16.7 Å². The SMILES string of the molecule is C/C(=N/NC(=O)c1ccc(CN2CCOCC2)cc1)c1ccc(C(C)(C)C)cc1. The van der Waals surface area contributed by atoms with Crippen molar-refractivity contribution in [3.05, 3.63) is 70.8 Å². The van der Waals surface area contributed by atoms with Crippen LogP contribution in [0.1, 0.15) is 54.7 Å². The summed E-state index contributed by atoms with van der Waals surface area (Å²) in [5.74, 6) is -0.200. The molecule has 1 aliphatic rings. The lowest BCUT2D eigenvalue weighted by molar-refractivity contribution is 0.0342. The topological polar surface area (TPSA) is 53.9 Å². The number of nitrogens with one attached hydrogen (secondary N) is 1. The lowest BCUT2D eigenvalue weighted by atomic mass is 9.86. The van der Waals surface area contributed by atoms with Gasteiger partial charge in [0.25, 0.3) is 5.91 Å². The van der Waals surface area contributed by atoms with Gasteiger partial charge < -0.3 is 4.74 Å². The van der Waals surface area contributed by atoms with Crippen LogP contribution in [0, 0.1) is 0 Å². The fourth-order valence-electron chi connectivity index (χ4n) is 3.25. The summed E-state index contributed by atoms with van der Waals surface area (Å²) in [5, 5.41) is 4.27. The third-order valence-electron chi connectivity index (χ3n) is 5.22. The number of hydrazone groups is 1. The lowest BCUT2D eigenvalue weighted by Crippen LogP contribution is -2.35. The quantitative estimate of drug-likeness (QED) is 0.618. The van der Waals surface area contributed by atoms with Crippen molar-refractivity contribution in [2.24, 2.45) is 5.10 Å². The van der Waals surface area contributed by atoms with Crippen LogP contribution in [-0.4, -0.2) is 42.8 Å². The number of carbonyl (C=O) groups excluding carboxylic acids is 1. The Labute approximate surface area is 173 Å². The Hall–Kier alpha value is -2.50. The Balaban J connectivity index is 1.57. The molecule has 5 heteroatoms. The number of rotatable bonds is 5. The Morgan fingerprint density at radius 2 is 1.59 bits per heavy atom. The van der Waals surface area contributed by atoms with Crippen LogP contribution in [0.15, 0.2) is 53.6 Å². The van der Waals surface area contributed by atoms with Crippen molar-refractivity contribution in [3.8, 4) is 0 Å². The van der Waals surface area contributed by atoms with E-state index in [9.17, 15) is 4.79 Å². The molecule has 0 saturated carbocycles. The number of carbonyl (C=O) groups is 1. The van der Waals surface area contributed by atoms with Gasteiger partial charge in [-0.3, -0.25) is 9.69 Å². The van der Waals surface area contributed by atoms with Crippen molar-refractivity contribution >= 4 is 11.6 Å². The van der Waals surface area contributed by atoms with Gasteiger partial charge in [0.05, 0.1) is 18.9 Å². The molecule has 0 radical (unpaired) electrons. The molecule has 0 bridgehead atoms. The Bertz CT molecular complexity index is 843. The summed E-state index contributed by atoms with van der Waals surface area (Å²) in [4.78, 5) is 14.8. The second-order valence-corrected chi connectivity index (χ2v) is 8.55. The second kappa shape index (κ2) is 9.33. The van der Waals surface area contributed by atoms with Crippen LogP contribution < -0.4 is 5.43 Å². The monoisotopic (exact) mass is 393 g/mol. The molecule has 29 heavy (non-hydrogen) atoms. The summed E-state index contributed by atoms with van der Waals surface area (Å²) in [7, 11) is 0. The third-order valence-corrected chi connectivity index (χ3v) is 5.22. The normalized spacial score (nSPS) is 15.9. The fraction of sp³-hybridized carbons (Fsp3) is 0.417. The van der Waals surface area contributed by atoms with Gasteiger partial charge in [-0.15, -0.1) is 0 Å². The van der Waals surface area contributed by atoms with E-state index in [1.807, 2.05) is 43.3 Å². The lowest BCUT2D eigenvalue weighted by Gasteiger charge is -2.26. The van der Waals surface area contributed by atoms with Crippen molar-refractivity contribution in [2.45, 2.75) is 39.7 Å². The molecule has 0 atom stereocenters. The number of hydrogen-bond acceptors (Lipinski definition) is 4. The van der Waals surface area contributed by atoms with E-state index in [-0.39, 0.29) is 11.3 Å². The molecule has 5 nitrogen and oxygen atoms in total. The van der Waals surface area contributed by atoms with Crippen LogP contribution in [0.3, 0.4) is 0 Å². The highest BCUT2D eigenvalue weighted by Gasteiger charge is 2.14. The zero-order valence-corrected chi connectivity index (χ0v) is 17.9. The smallest absolute Gasteiger partial charge is 0.271 e.